The van der Waals surface area contributed by atoms with Gasteiger partial charge in [0.15, 0.2) is 5.78 Å². The molecule has 0 radical (unpaired) electrons. The number of hydrogen-bond donors (Lipinski definition) is 1. The largest absolute Gasteiger partial charge is 0.501 e. The molecular weight excluding hydrogens is 414 g/mol. The highest BCUT2D eigenvalue weighted by atomic mass is 79.9. The Kier molecular flexibility index (Phi) is 4.45. The van der Waals surface area contributed by atoms with Gasteiger partial charge in [-0.2, -0.15) is 0 Å². The van der Waals surface area contributed by atoms with E-state index in [1.165, 1.54) is 6.07 Å². The van der Waals surface area contributed by atoms with Crippen LogP contribution in [0.4, 0.5) is 5.69 Å². The monoisotopic (exact) mass is 415 g/mol. The number of halogens is 3. The van der Waals surface area contributed by atoms with Crippen LogP contribution < -0.4 is 0 Å². The molecule has 0 aromatic heterocycles. The van der Waals surface area contributed by atoms with E-state index in [1.54, 1.807) is 0 Å². The van der Waals surface area contributed by atoms with E-state index in [4.69, 9.17) is 0 Å². The molecule has 0 aliphatic rings. The summed E-state index contributed by atoms with van der Waals surface area (Å²) in [5, 5.41) is 20.0. The van der Waals surface area contributed by atoms with Crippen LogP contribution in [0.25, 0.3) is 0 Å². The fourth-order valence-electron chi connectivity index (χ4n) is 0.992. The summed E-state index contributed by atoms with van der Waals surface area (Å²) < 4.78 is -0.526. The molecule has 0 spiro atoms. The van der Waals surface area contributed by atoms with E-state index in [1.807, 2.05) is 0 Å². The highest BCUT2D eigenvalue weighted by Crippen LogP contribution is 2.35. The highest BCUT2D eigenvalue weighted by molar-refractivity contribution is 9.25. The minimum absolute atomic E-state index is 0.103. The molecule has 16 heavy (non-hydrogen) atoms. The summed E-state index contributed by atoms with van der Waals surface area (Å²) in [4.78, 5) is 21.4. The number of alkyl halides is 2. The lowest BCUT2D eigenvalue weighted by molar-refractivity contribution is -0.386. The van der Waals surface area contributed by atoms with Gasteiger partial charge in [-0.15, -0.1) is 0 Å². The molecular formula is C8H4Br3NO4. The molecule has 0 amide bonds. The summed E-state index contributed by atoms with van der Waals surface area (Å²) in [5.41, 5.74) is -0.395. The first-order valence-electron chi connectivity index (χ1n) is 3.84. The van der Waals surface area contributed by atoms with Crippen LogP contribution >= 0.6 is 47.8 Å². The van der Waals surface area contributed by atoms with E-state index in [9.17, 15) is 20.0 Å². The van der Waals surface area contributed by atoms with E-state index in [2.05, 4.69) is 47.8 Å². The SMILES string of the molecule is O=C(c1cc(Br)c(O)c([N+](=O)[O-])c1)C(Br)Br. The van der Waals surface area contributed by atoms with Crippen LogP contribution in [0.1, 0.15) is 10.4 Å². The van der Waals surface area contributed by atoms with E-state index >= 15 is 0 Å². The maximum atomic E-state index is 11.6. The van der Waals surface area contributed by atoms with Crippen molar-refractivity contribution in [1.82, 2.24) is 0 Å². The van der Waals surface area contributed by atoms with Crippen molar-refractivity contribution in [2.24, 2.45) is 0 Å². The Labute approximate surface area is 115 Å². The number of carbonyl (C=O) groups excluding carboxylic acids is 1. The fourth-order valence-corrected chi connectivity index (χ4v) is 1.97. The minimum atomic E-state index is -0.756. The molecule has 0 bridgehead atoms. The maximum absolute atomic E-state index is 11.6. The average Bonchev–Trinajstić information content (AvgIpc) is 2.20. The smallest absolute Gasteiger partial charge is 0.312 e. The summed E-state index contributed by atoms with van der Waals surface area (Å²) >= 11 is 8.95. The molecule has 0 aliphatic heterocycles. The lowest BCUT2D eigenvalue weighted by Crippen LogP contribution is -2.07. The molecule has 8 heteroatoms. The zero-order valence-electron chi connectivity index (χ0n) is 7.49. The normalized spacial score (nSPS) is 10.5. The van der Waals surface area contributed by atoms with Crippen molar-refractivity contribution < 1.29 is 14.8 Å². The number of nitrogens with zero attached hydrogens (tertiary/aromatic N) is 1. The first-order chi connectivity index (χ1) is 7.34. The molecule has 86 valence electrons. The Morgan fingerprint density at radius 3 is 2.44 bits per heavy atom. The van der Waals surface area contributed by atoms with Gasteiger partial charge in [0, 0.05) is 11.6 Å². The summed E-state index contributed by atoms with van der Waals surface area (Å²) in [6, 6.07) is 2.35. The number of phenols is 1. The van der Waals surface area contributed by atoms with Crippen LogP contribution in [-0.2, 0) is 0 Å². The summed E-state index contributed by atoms with van der Waals surface area (Å²) in [5.74, 6) is -0.869. The second-order valence-corrected chi connectivity index (χ2v) is 6.66. The Hall–Kier alpha value is -0.470. The van der Waals surface area contributed by atoms with Gasteiger partial charge in [0.25, 0.3) is 0 Å². The van der Waals surface area contributed by atoms with Crippen LogP contribution in [0, 0.1) is 10.1 Å². The first kappa shape index (κ1) is 13.6. The van der Waals surface area contributed by atoms with Crippen molar-refractivity contribution in [3.05, 3.63) is 32.3 Å². The summed E-state index contributed by atoms with van der Waals surface area (Å²) in [6.07, 6.45) is 0. The van der Waals surface area contributed by atoms with Gasteiger partial charge in [-0.25, -0.2) is 0 Å². The number of phenolic OH excluding ortho intramolecular Hbond substituents is 1. The molecule has 0 fully saturated rings. The van der Waals surface area contributed by atoms with Crippen molar-refractivity contribution in [2.75, 3.05) is 0 Å². The standard InChI is InChI=1S/C8H4Br3NO4/c9-4-1-3(6(13)8(10)11)2-5(7(4)14)12(15)16/h1-2,8,14H. The van der Waals surface area contributed by atoms with Gasteiger partial charge in [-0.1, -0.05) is 31.9 Å². The lowest BCUT2D eigenvalue weighted by Gasteiger charge is -2.04. The third kappa shape index (κ3) is 2.80. The number of hydrogen-bond acceptors (Lipinski definition) is 4. The third-order valence-electron chi connectivity index (χ3n) is 1.72. The number of rotatable bonds is 3. The van der Waals surface area contributed by atoms with Crippen LogP contribution in [0.15, 0.2) is 16.6 Å². The molecule has 1 aromatic carbocycles. The van der Waals surface area contributed by atoms with Crippen LogP contribution in [0.5, 0.6) is 5.75 Å². The molecule has 5 nitrogen and oxygen atoms in total. The Balaban J connectivity index is 3.35. The summed E-state index contributed by atoms with van der Waals surface area (Å²) in [7, 11) is 0. The van der Waals surface area contributed by atoms with Gasteiger partial charge >= 0.3 is 5.69 Å². The van der Waals surface area contributed by atoms with Gasteiger partial charge in [0.05, 0.1) is 9.40 Å². The summed E-state index contributed by atoms with van der Waals surface area (Å²) in [6.45, 7) is 0. The minimum Gasteiger partial charge on any atom is -0.501 e. The number of nitro groups is 1. The van der Waals surface area contributed by atoms with Gasteiger partial charge < -0.3 is 5.11 Å². The predicted octanol–water partition coefficient (Wildman–Crippen LogP) is 3.36. The predicted molar refractivity (Wildman–Crippen MR) is 68.4 cm³/mol. The number of aromatic hydroxyl groups is 1. The number of benzene rings is 1. The Bertz CT molecular complexity index is 461. The van der Waals surface area contributed by atoms with Crippen molar-refractivity contribution in [3.63, 3.8) is 0 Å². The van der Waals surface area contributed by atoms with E-state index in [0.29, 0.717) is 0 Å². The zero-order chi connectivity index (χ0) is 12.5. The van der Waals surface area contributed by atoms with Gasteiger partial charge in [-0.3, -0.25) is 14.9 Å². The van der Waals surface area contributed by atoms with Crippen molar-refractivity contribution in [3.8, 4) is 5.75 Å². The van der Waals surface area contributed by atoms with Gasteiger partial charge in [0.1, 0.15) is 3.74 Å². The van der Waals surface area contributed by atoms with E-state index < -0.39 is 20.1 Å². The molecule has 1 rings (SSSR count). The highest BCUT2D eigenvalue weighted by Gasteiger charge is 2.22. The number of nitro benzene ring substituents is 1. The van der Waals surface area contributed by atoms with Crippen LogP contribution in [0.3, 0.4) is 0 Å². The van der Waals surface area contributed by atoms with Crippen LogP contribution in [0.2, 0.25) is 0 Å². The molecule has 0 saturated carbocycles. The first-order valence-corrected chi connectivity index (χ1v) is 6.46. The fraction of sp³-hybridized carbons (Fsp3) is 0.125. The van der Waals surface area contributed by atoms with Gasteiger partial charge in [-0.05, 0) is 22.0 Å². The third-order valence-corrected chi connectivity index (χ3v) is 3.16. The average molecular weight is 418 g/mol. The molecule has 1 N–H and O–H groups in total. The zero-order valence-corrected chi connectivity index (χ0v) is 12.2. The number of carbonyl (C=O) groups is 1. The van der Waals surface area contributed by atoms with Crippen molar-refractivity contribution in [1.29, 1.82) is 0 Å². The number of ketones is 1. The maximum Gasteiger partial charge on any atom is 0.312 e. The Morgan fingerprint density at radius 2 is 2.00 bits per heavy atom. The molecule has 0 heterocycles. The van der Waals surface area contributed by atoms with E-state index in [0.717, 1.165) is 6.07 Å². The quantitative estimate of drug-likeness (QED) is 0.354. The second-order valence-electron chi connectivity index (χ2n) is 2.75. The molecule has 1 aromatic rings. The van der Waals surface area contributed by atoms with Gasteiger partial charge in [0.2, 0.25) is 5.75 Å². The topological polar surface area (TPSA) is 80.4 Å². The molecule has 0 aliphatic carbocycles. The lowest BCUT2D eigenvalue weighted by atomic mass is 10.1. The number of Topliss-reactive ketones (excluding diaryl/α,β-unsaturated/α-hetero) is 1. The molecule has 0 saturated heterocycles. The second kappa shape index (κ2) is 5.24. The van der Waals surface area contributed by atoms with Crippen molar-refractivity contribution >= 4 is 59.3 Å². The van der Waals surface area contributed by atoms with Crippen LogP contribution in [-0.4, -0.2) is 19.5 Å². The van der Waals surface area contributed by atoms with Crippen molar-refractivity contribution in [2.45, 2.75) is 3.74 Å². The Morgan fingerprint density at radius 1 is 1.44 bits per heavy atom. The molecule has 0 atom stereocenters. The van der Waals surface area contributed by atoms with E-state index in [-0.39, 0.29) is 15.8 Å². The molecule has 0 unspecified atom stereocenters.